The van der Waals surface area contributed by atoms with Crippen LogP contribution in [0, 0.1) is 64.1 Å². The fourth-order valence-corrected chi connectivity index (χ4v) is 10.6. The van der Waals surface area contributed by atoms with Crippen LogP contribution in [-0.4, -0.2) is 0 Å². The number of benzene rings is 2. The van der Waals surface area contributed by atoms with E-state index in [9.17, 15) is 0 Å². The number of aryl methyl sites for hydroxylation is 2. The molecular weight excluding hydrogens is 589 g/mol. The maximum Gasteiger partial charge on any atom is 0 e. The van der Waals surface area contributed by atoms with Gasteiger partial charge in [-0.25, -0.2) is 0 Å². The minimum atomic E-state index is 0. The van der Waals surface area contributed by atoms with Crippen molar-refractivity contribution in [3.05, 3.63) is 71.8 Å². The first-order valence-corrected chi connectivity index (χ1v) is 20.5. The molecular formula is C49H90. The van der Waals surface area contributed by atoms with Crippen LogP contribution in [-0.2, 0) is 6.42 Å². The minimum Gasteiger partial charge on any atom is -0.0776 e. The molecule has 3 fully saturated rings. The molecule has 2 aromatic carbocycles. The highest BCUT2D eigenvalue weighted by molar-refractivity contribution is 5.14. The molecule has 2 aromatic rings. The van der Waals surface area contributed by atoms with E-state index < -0.39 is 0 Å². The Hall–Kier alpha value is -1.56. The Morgan fingerprint density at radius 3 is 1.73 bits per heavy atom. The molecule has 3 saturated carbocycles. The average molecular weight is 679 g/mol. The van der Waals surface area contributed by atoms with Crippen LogP contribution in [0.15, 0.2) is 60.7 Å². The highest BCUT2D eigenvalue weighted by Gasteiger charge is 2.52. The van der Waals surface area contributed by atoms with Crippen LogP contribution in [0.1, 0.15) is 182 Å². The van der Waals surface area contributed by atoms with Crippen LogP contribution in [0.5, 0.6) is 0 Å². The SMILES string of the molecule is C.CC1CCC2C(C)(C)CCCC2(C)C1C.CCCC(C)(C)C1CCC(C)C(C)C1(C)C.CCCCc1ccccc1.Cc1ccccc1.[HH].[HH]. The summed E-state index contributed by atoms with van der Waals surface area (Å²) in [5.41, 5.74) is 5.05. The highest BCUT2D eigenvalue weighted by atomic mass is 14.6. The summed E-state index contributed by atoms with van der Waals surface area (Å²) in [5, 5.41) is 0. The monoisotopic (exact) mass is 679 g/mol. The summed E-state index contributed by atoms with van der Waals surface area (Å²) in [6.45, 7) is 34.1. The summed E-state index contributed by atoms with van der Waals surface area (Å²) < 4.78 is 0. The Morgan fingerprint density at radius 2 is 1.22 bits per heavy atom. The molecule has 49 heavy (non-hydrogen) atoms. The molecule has 0 N–H and O–H groups in total. The molecule has 0 spiro atoms. The van der Waals surface area contributed by atoms with Crippen LogP contribution in [0.4, 0.5) is 0 Å². The van der Waals surface area contributed by atoms with Crippen LogP contribution in [0.25, 0.3) is 0 Å². The molecule has 0 radical (unpaired) electrons. The summed E-state index contributed by atoms with van der Waals surface area (Å²) in [5.74, 6) is 5.51. The van der Waals surface area contributed by atoms with Crippen LogP contribution >= 0.6 is 0 Å². The van der Waals surface area contributed by atoms with Gasteiger partial charge in [-0.05, 0) is 115 Å². The van der Waals surface area contributed by atoms with Crippen molar-refractivity contribution in [1.29, 1.82) is 0 Å². The van der Waals surface area contributed by atoms with Gasteiger partial charge in [-0.2, -0.15) is 0 Å². The molecule has 0 amide bonds. The predicted molar refractivity (Wildman–Crippen MR) is 228 cm³/mol. The largest absolute Gasteiger partial charge is 0.0776 e. The van der Waals surface area contributed by atoms with E-state index in [-0.39, 0.29) is 10.3 Å². The molecule has 3 aliphatic rings. The van der Waals surface area contributed by atoms with Crippen LogP contribution < -0.4 is 0 Å². The average Bonchev–Trinajstić information content (AvgIpc) is 3.03. The van der Waals surface area contributed by atoms with Gasteiger partial charge in [-0.3, -0.25) is 0 Å². The number of hydrogen-bond acceptors (Lipinski definition) is 0. The number of fused-ring (bicyclic) bond motifs is 1. The molecule has 3 aliphatic carbocycles. The maximum absolute atomic E-state index is 2.58. The third-order valence-electron chi connectivity index (χ3n) is 14.4. The molecule has 0 nitrogen and oxygen atoms in total. The Labute approximate surface area is 312 Å². The van der Waals surface area contributed by atoms with E-state index in [1.807, 2.05) is 18.2 Å². The van der Waals surface area contributed by atoms with E-state index in [0.717, 1.165) is 35.5 Å². The Balaban J connectivity index is 0. The molecule has 286 valence electrons. The van der Waals surface area contributed by atoms with Gasteiger partial charge in [-0.15, -0.1) is 0 Å². The Kier molecular flexibility index (Phi) is 19.0. The summed E-state index contributed by atoms with van der Waals surface area (Å²) in [6.07, 6.45) is 16.7. The van der Waals surface area contributed by atoms with Crippen molar-refractivity contribution in [3.8, 4) is 0 Å². The van der Waals surface area contributed by atoms with E-state index in [1.165, 1.54) is 88.2 Å². The first-order valence-electron chi connectivity index (χ1n) is 20.5. The standard InChI is InChI=1S/C16H32.C15H28.C10H14.C7H8.CH4.2H2/c1-8-11-15(4,5)14-10-9-12(2)13(3)16(14,6)7;1-11-7-8-13-14(3,4)9-6-10-15(13,5)12(11)2;1-2-3-7-10-8-5-4-6-9-10;1-7-5-3-2-4-6-7;;;/h12-14H,8-11H2,1-7H3;11-13H,6-10H2,1-5H3;4-6,8-9H,2-3,7H2,1H3;2-6H,1H3;1H4;2*1H. The smallest absolute Gasteiger partial charge is 0 e. The molecule has 5 rings (SSSR count). The van der Waals surface area contributed by atoms with Crippen LogP contribution in [0.3, 0.4) is 0 Å². The molecule has 7 unspecified atom stereocenters. The molecule has 0 heterocycles. The van der Waals surface area contributed by atoms with Crippen LogP contribution in [0.2, 0.25) is 0 Å². The van der Waals surface area contributed by atoms with E-state index in [0.29, 0.717) is 21.7 Å². The Bertz CT molecular complexity index is 1140. The minimum absolute atomic E-state index is 0. The van der Waals surface area contributed by atoms with Gasteiger partial charge in [0.05, 0.1) is 0 Å². The van der Waals surface area contributed by atoms with Crippen molar-refractivity contribution in [2.45, 2.75) is 181 Å². The third-order valence-corrected chi connectivity index (χ3v) is 14.4. The second kappa shape index (κ2) is 20.5. The highest BCUT2D eigenvalue weighted by Crippen LogP contribution is 2.61. The summed E-state index contributed by atoms with van der Waals surface area (Å²) >= 11 is 0. The number of unbranched alkanes of at least 4 members (excludes halogenated alkanes) is 1. The zero-order valence-electron chi connectivity index (χ0n) is 34.7. The van der Waals surface area contributed by atoms with Crippen molar-refractivity contribution in [2.75, 3.05) is 0 Å². The second-order valence-electron chi connectivity index (χ2n) is 18.9. The van der Waals surface area contributed by atoms with Gasteiger partial charge in [0.25, 0.3) is 0 Å². The molecule has 0 bridgehead atoms. The molecule has 0 saturated heterocycles. The van der Waals surface area contributed by atoms with Gasteiger partial charge in [-0.1, -0.05) is 196 Å². The van der Waals surface area contributed by atoms with Crippen molar-refractivity contribution in [3.63, 3.8) is 0 Å². The topological polar surface area (TPSA) is 0 Å². The summed E-state index contributed by atoms with van der Waals surface area (Å²) in [7, 11) is 0. The molecule has 7 atom stereocenters. The molecule has 0 heteroatoms. The van der Waals surface area contributed by atoms with Crippen molar-refractivity contribution in [2.24, 2.45) is 57.2 Å². The first-order chi connectivity index (χ1) is 22.4. The van der Waals surface area contributed by atoms with Crippen molar-refractivity contribution in [1.82, 2.24) is 0 Å². The van der Waals surface area contributed by atoms with E-state index in [2.05, 4.69) is 139 Å². The van der Waals surface area contributed by atoms with E-state index >= 15 is 0 Å². The lowest BCUT2D eigenvalue weighted by Crippen LogP contribution is -2.50. The number of hydrogen-bond donors (Lipinski definition) is 0. The zero-order valence-corrected chi connectivity index (χ0v) is 34.7. The first kappa shape index (κ1) is 45.5. The molecule has 0 aromatic heterocycles. The van der Waals surface area contributed by atoms with E-state index in [4.69, 9.17) is 0 Å². The predicted octanol–water partition coefficient (Wildman–Crippen LogP) is 16.6. The lowest BCUT2D eigenvalue weighted by Gasteiger charge is -2.58. The van der Waals surface area contributed by atoms with Gasteiger partial charge in [0.2, 0.25) is 0 Å². The van der Waals surface area contributed by atoms with E-state index in [1.54, 1.807) is 0 Å². The molecule has 0 aliphatic heterocycles. The summed E-state index contributed by atoms with van der Waals surface area (Å²) in [6, 6.07) is 20.9. The quantitative estimate of drug-likeness (QED) is 0.285. The lowest BCUT2D eigenvalue weighted by molar-refractivity contribution is -0.0868. The summed E-state index contributed by atoms with van der Waals surface area (Å²) in [4.78, 5) is 0. The fourth-order valence-electron chi connectivity index (χ4n) is 10.6. The number of rotatable bonds is 6. The lowest BCUT2D eigenvalue weighted by atomic mass is 9.47. The maximum atomic E-state index is 2.58. The third kappa shape index (κ3) is 12.9. The van der Waals surface area contributed by atoms with Gasteiger partial charge >= 0.3 is 0 Å². The zero-order chi connectivity index (χ0) is 36.2. The van der Waals surface area contributed by atoms with Crippen molar-refractivity contribution >= 4 is 0 Å². The fraction of sp³-hybridized carbons (Fsp3) is 0.755. The normalized spacial score (nSPS) is 29.9. The van der Waals surface area contributed by atoms with Gasteiger partial charge in [0.1, 0.15) is 0 Å². The van der Waals surface area contributed by atoms with Gasteiger partial charge in [0, 0.05) is 2.85 Å². The van der Waals surface area contributed by atoms with Gasteiger partial charge < -0.3 is 0 Å². The Morgan fingerprint density at radius 1 is 0.694 bits per heavy atom. The van der Waals surface area contributed by atoms with Gasteiger partial charge in [0.15, 0.2) is 0 Å². The second-order valence-corrected chi connectivity index (χ2v) is 18.9. The van der Waals surface area contributed by atoms with Crippen molar-refractivity contribution < 1.29 is 2.85 Å².